The molecule has 0 saturated heterocycles. The summed E-state index contributed by atoms with van der Waals surface area (Å²) in [6.45, 7) is 6.00. The minimum atomic E-state index is 0. The normalized spacial score (nSPS) is 26.8. The molecule has 0 aromatic heterocycles. The fourth-order valence-corrected chi connectivity index (χ4v) is 1.19. The van der Waals surface area contributed by atoms with Gasteiger partial charge >= 0.3 is 21.1 Å². The van der Waals surface area contributed by atoms with Crippen LogP contribution >= 0.6 is 0 Å². The number of nitrogens with two attached hydrogens (primary N) is 2. The molecule has 0 aromatic carbocycles. The molecule has 0 spiro atoms. The van der Waals surface area contributed by atoms with Crippen molar-refractivity contribution in [3.05, 3.63) is 13.2 Å². The molecule has 0 heterocycles. The van der Waals surface area contributed by atoms with Crippen LogP contribution in [0.15, 0.2) is 13.2 Å². The zero-order valence-electron chi connectivity index (χ0n) is 7.25. The second kappa shape index (κ2) is 11.6. The van der Waals surface area contributed by atoms with Gasteiger partial charge in [0.05, 0.1) is 0 Å². The van der Waals surface area contributed by atoms with Gasteiger partial charge in [-0.2, -0.15) is 0 Å². The summed E-state index contributed by atoms with van der Waals surface area (Å²) in [6, 6.07) is 0.562. The van der Waals surface area contributed by atoms with Gasteiger partial charge in [0, 0.05) is 12.1 Å². The molecular weight excluding hydrogens is 355 g/mol. The Kier molecular flexibility index (Phi) is 17.9. The first kappa shape index (κ1) is 18.4. The van der Waals surface area contributed by atoms with Crippen LogP contribution < -0.4 is 23.9 Å². The van der Waals surface area contributed by atoms with Gasteiger partial charge in [-0.05, 0) is 12.8 Å². The van der Waals surface area contributed by atoms with E-state index in [0.29, 0.717) is 0 Å². The Labute approximate surface area is 95.8 Å². The summed E-state index contributed by atoms with van der Waals surface area (Å²) in [4.78, 5) is 0. The van der Waals surface area contributed by atoms with E-state index in [1.54, 1.807) is 0 Å². The van der Waals surface area contributed by atoms with Crippen LogP contribution in [0.3, 0.4) is 0 Å². The van der Waals surface area contributed by atoms with Crippen molar-refractivity contribution in [3.8, 4) is 0 Å². The summed E-state index contributed by atoms with van der Waals surface area (Å²) >= 11 is 0. The maximum atomic E-state index is 5.65. The van der Waals surface area contributed by atoms with E-state index < -0.39 is 0 Å². The number of halogens is 1. The summed E-state index contributed by atoms with van der Waals surface area (Å²) in [6.07, 6.45) is 4.80. The predicted octanol–water partition coefficient (Wildman–Crippen LogP) is -1.98. The van der Waals surface area contributed by atoms with Gasteiger partial charge in [-0.1, -0.05) is 12.8 Å². The molecule has 76 valence electrons. The van der Waals surface area contributed by atoms with E-state index in [1.807, 2.05) is 0 Å². The molecule has 2 atom stereocenters. The van der Waals surface area contributed by atoms with Crippen LogP contribution in [0.25, 0.3) is 0 Å². The Balaban J connectivity index is -0.000000189. The second-order valence-corrected chi connectivity index (χ2v) is 2.61. The van der Waals surface area contributed by atoms with E-state index in [0.717, 1.165) is 12.8 Å². The molecule has 1 aliphatic rings. The smallest absolute Gasteiger partial charge is 1.00 e. The zero-order chi connectivity index (χ0) is 7.98. The first-order valence-electron chi connectivity index (χ1n) is 3.82. The van der Waals surface area contributed by atoms with Gasteiger partial charge in [0.1, 0.15) is 0 Å². The van der Waals surface area contributed by atoms with E-state index in [9.17, 15) is 0 Å². The minimum absolute atomic E-state index is 0. The third-order valence-corrected chi connectivity index (χ3v) is 1.87. The maximum absolute atomic E-state index is 5.65. The molecular formula is C8H18ClN2Pt+. The second-order valence-electron chi connectivity index (χ2n) is 2.61. The van der Waals surface area contributed by atoms with Gasteiger partial charge in [-0.3, -0.25) is 0 Å². The molecule has 0 radical (unpaired) electrons. The molecule has 0 amide bonds. The van der Waals surface area contributed by atoms with E-state index >= 15 is 0 Å². The van der Waals surface area contributed by atoms with Gasteiger partial charge in [-0.25, -0.2) is 0 Å². The summed E-state index contributed by atoms with van der Waals surface area (Å²) in [5, 5.41) is 0. The van der Waals surface area contributed by atoms with Crippen LogP contribution in [-0.2, 0) is 21.1 Å². The Bertz CT molecular complexity index is 83.1. The maximum Gasteiger partial charge on any atom is 2.00 e. The van der Waals surface area contributed by atoms with Crippen LogP contribution in [0.5, 0.6) is 0 Å². The Hall–Kier alpha value is 0.638. The number of rotatable bonds is 0. The van der Waals surface area contributed by atoms with Crippen LogP contribution in [0, 0.1) is 0 Å². The Morgan fingerprint density at radius 2 is 1.17 bits per heavy atom. The van der Waals surface area contributed by atoms with Crippen molar-refractivity contribution in [3.63, 3.8) is 0 Å². The molecule has 4 heteroatoms. The number of hydrogen-bond donors (Lipinski definition) is 2. The summed E-state index contributed by atoms with van der Waals surface area (Å²) in [5.41, 5.74) is 11.3. The quantitative estimate of drug-likeness (QED) is 0.484. The van der Waals surface area contributed by atoms with Crippen molar-refractivity contribution < 1.29 is 33.5 Å². The molecule has 1 rings (SSSR count). The van der Waals surface area contributed by atoms with E-state index in [-0.39, 0.29) is 45.6 Å². The van der Waals surface area contributed by atoms with Crippen molar-refractivity contribution in [2.75, 3.05) is 0 Å². The Morgan fingerprint density at radius 3 is 1.33 bits per heavy atom. The van der Waals surface area contributed by atoms with Crippen LogP contribution in [0.1, 0.15) is 25.7 Å². The fraction of sp³-hybridized carbons (Fsp3) is 0.750. The molecule has 0 aliphatic heterocycles. The third kappa shape index (κ3) is 7.30. The molecule has 2 nitrogen and oxygen atoms in total. The van der Waals surface area contributed by atoms with Gasteiger partial charge < -0.3 is 23.9 Å². The largest absolute Gasteiger partial charge is 2.00 e. The average molecular weight is 373 g/mol. The summed E-state index contributed by atoms with van der Waals surface area (Å²) in [5.74, 6) is 0. The van der Waals surface area contributed by atoms with E-state index in [2.05, 4.69) is 13.2 Å². The number of hydrogen-bond acceptors (Lipinski definition) is 2. The summed E-state index contributed by atoms with van der Waals surface area (Å²) < 4.78 is 0. The standard InChI is InChI=1S/C6H14N2.C2H4.ClH.Pt/c7-5-3-1-2-4-6(5)8;1-2;;/h5-6H,1-4,7-8H2;1-2H2;1H;/q;;;+2/p-1/t5-,6-;;;/m1.../s1. The van der Waals surface area contributed by atoms with Gasteiger partial charge in [0.15, 0.2) is 0 Å². The molecule has 1 fully saturated rings. The van der Waals surface area contributed by atoms with Crippen molar-refractivity contribution >= 4 is 0 Å². The fourth-order valence-electron chi connectivity index (χ4n) is 1.19. The molecule has 0 unspecified atom stereocenters. The molecule has 1 aliphatic carbocycles. The first-order valence-corrected chi connectivity index (χ1v) is 3.82. The molecule has 0 bridgehead atoms. The molecule has 12 heavy (non-hydrogen) atoms. The zero-order valence-corrected chi connectivity index (χ0v) is 10.3. The average Bonchev–Trinajstić information content (AvgIpc) is 2.00. The SMILES string of the molecule is C=C.N[C@@H]1CCCC[C@H]1N.[Cl-].[Pt+2]. The predicted molar refractivity (Wildman–Crippen MR) is 45.7 cm³/mol. The van der Waals surface area contributed by atoms with Gasteiger partial charge in [0.25, 0.3) is 0 Å². The van der Waals surface area contributed by atoms with Crippen molar-refractivity contribution in [2.45, 2.75) is 37.8 Å². The Morgan fingerprint density at radius 1 is 0.917 bits per heavy atom. The van der Waals surface area contributed by atoms with Gasteiger partial charge in [0.2, 0.25) is 0 Å². The van der Waals surface area contributed by atoms with Crippen molar-refractivity contribution in [1.82, 2.24) is 0 Å². The van der Waals surface area contributed by atoms with E-state index in [1.165, 1.54) is 12.8 Å². The minimum Gasteiger partial charge on any atom is -1.00 e. The molecule has 0 aromatic rings. The van der Waals surface area contributed by atoms with Crippen LogP contribution in [0.4, 0.5) is 0 Å². The molecule has 4 N–H and O–H groups in total. The third-order valence-electron chi connectivity index (χ3n) is 1.87. The van der Waals surface area contributed by atoms with E-state index in [4.69, 9.17) is 11.5 Å². The molecule has 1 saturated carbocycles. The van der Waals surface area contributed by atoms with Crippen molar-refractivity contribution in [1.29, 1.82) is 0 Å². The van der Waals surface area contributed by atoms with Crippen LogP contribution in [-0.4, -0.2) is 12.1 Å². The van der Waals surface area contributed by atoms with Crippen LogP contribution in [0.2, 0.25) is 0 Å². The first-order chi connectivity index (χ1) is 4.80. The summed E-state index contributed by atoms with van der Waals surface area (Å²) in [7, 11) is 0. The van der Waals surface area contributed by atoms with Gasteiger partial charge in [-0.15, -0.1) is 13.2 Å². The topological polar surface area (TPSA) is 52.0 Å². The monoisotopic (exact) mass is 372 g/mol. The van der Waals surface area contributed by atoms with Crippen molar-refractivity contribution in [2.24, 2.45) is 11.5 Å².